The maximum absolute atomic E-state index is 13.7. The lowest BCUT2D eigenvalue weighted by atomic mass is 10.1. The lowest BCUT2D eigenvalue weighted by molar-refractivity contribution is -0.120. The molecule has 1 atom stereocenters. The SMILES string of the molecule is CCc1ccccc1N(CC(=O)NC(C)c1ccc(N2CCCC2)cc1)S(=O)(=O)c1ccc(C)cc1. The highest BCUT2D eigenvalue weighted by atomic mass is 32.2. The molecule has 1 saturated heterocycles. The molecule has 1 amide bonds. The number of amides is 1. The molecule has 1 heterocycles. The Balaban J connectivity index is 1.55. The van der Waals surface area contributed by atoms with Crippen molar-refractivity contribution in [3.63, 3.8) is 0 Å². The summed E-state index contributed by atoms with van der Waals surface area (Å²) in [5.41, 5.74) is 4.54. The monoisotopic (exact) mass is 505 g/mol. The smallest absolute Gasteiger partial charge is 0.264 e. The molecule has 0 aromatic heterocycles. The average Bonchev–Trinajstić information content (AvgIpc) is 3.43. The number of hydrogen-bond donors (Lipinski definition) is 1. The van der Waals surface area contributed by atoms with Crippen LogP contribution in [-0.2, 0) is 21.2 Å². The molecule has 1 N–H and O–H groups in total. The Morgan fingerprint density at radius 2 is 1.61 bits per heavy atom. The highest BCUT2D eigenvalue weighted by molar-refractivity contribution is 7.92. The third-order valence-corrected chi connectivity index (χ3v) is 8.55. The van der Waals surface area contributed by atoms with Gasteiger partial charge in [-0.25, -0.2) is 8.42 Å². The van der Waals surface area contributed by atoms with Gasteiger partial charge in [0.05, 0.1) is 16.6 Å². The van der Waals surface area contributed by atoms with Crippen molar-refractivity contribution < 1.29 is 13.2 Å². The van der Waals surface area contributed by atoms with Gasteiger partial charge in [0.1, 0.15) is 6.54 Å². The van der Waals surface area contributed by atoms with Crippen molar-refractivity contribution in [2.75, 3.05) is 28.8 Å². The van der Waals surface area contributed by atoms with Gasteiger partial charge in [-0.3, -0.25) is 9.10 Å². The highest BCUT2D eigenvalue weighted by Gasteiger charge is 2.29. The quantitative estimate of drug-likeness (QED) is 0.432. The summed E-state index contributed by atoms with van der Waals surface area (Å²) in [6.07, 6.45) is 3.09. The van der Waals surface area contributed by atoms with E-state index in [4.69, 9.17) is 0 Å². The van der Waals surface area contributed by atoms with Crippen LogP contribution < -0.4 is 14.5 Å². The van der Waals surface area contributed by atoms with Crippen LogP contribution in [0, 0.1) is 6.92 Å². The van der Waals surface area contributed by atoms with Crippen molar-refractivity contribution >= 4 is 27.3 Å². The normalized spacial score (nSPS) is 14.5. The molecule has 0 aliphatic carbocycles. The predicted molar refractivity (Wildman–Crippen MR) is 146 cm³/mol. The molecule has 1 fully saturated rings. The number of benzene rings is 3. The van der Waals surface area contributed by atoms with E-state index in [2.05, 4.69) is 22.3 Å². The van der Waals surface area contributed by atoms with Crippen LogP contribution in [0.4, 0.5) is 11.4 Å². The zero-order valence-electron chi connectivity index (χ0n) is 21.3. The van der Waals surface area contributed by atoms with E-state index in [0.717, 1.165) is 29.8 Å². The Labute approximate surface area is 215 Å². The number of carbonyl (C=O) groups is 1. The summed E-state index contributed by atoms with van der Waals surface area (Å²) in [7, 11) is -3.95. The first-order valence-corrected chi connectivity index (χ1v) is 14.0. The van der Waals surface area contributed by atoms with Crippen LogP contribution in [-0.4, -0.2) is 34.0 Å². The summed E-state index contributed by atoms with van der Waals surface area (Å²) in [6.45, 7) is 7.66. The number of aryl methyl sites for hydroxylation is 2. The Hall–Kier alpha value is -3.32. The second-order valence-corrected chi connectivity index (χ2v) is 11.2. The molecule has 3 aromatic rings. The molecule has 3 aromatic carbocycles. The fourth-order valence-corrected chi connectivity index (χ4v) is 6.10. The lowest BCUT2D eigenvalue weighted by Crippen LogP contribution is -2.42. The van der Waals surface area contributed by atoms with Crippen LogP contribution in [0.2, 0.25) is 0 Å². The molecule has 0 radical (unpaired) electrons. The van der Waals surface area contributed by atoms with Crippen molar-refractivity contribution in [3.8, 4) is 0 Å². The summed E-state index contributed by atoms with van der Waals surface area (Å²) in [4.78, 5) is 15.7. The Morgan fingerprint density at radius 3 is 2.25 bits per heavy atom. The van der Waals surface area contributed by atoms with Gasteiger partial charge in [0.15, 0.2) is 0 Å². The van der Waals surface area contributed by atoms with Gasteiger partial charge in [0, 0.05) is 18.8 Å². The summed E-state index contributed by atoms with van der Waals surface area (Å²) < 4.78 is 28.6. The number of rotatable bonds is 9. The lowest BCUT2D eigenvalue weighted by Gasteiger charge is -2.27. The number of nitrogens with zero attached hydrogens (tertiary/aromatic N) is 2. The van der Waals surface area contributed by atoms with E-state index >= 15 is 0 Å². The molecule has 1 unspecified atom stereocenters. The highest BCUT2D eigenvalue weighted by Crippen LogP contribution is 2.28. The fraction of sp³-hybridized carbons (Fsp3) is 0.345. The van der Waals surface area contributed by atoms with Crippen molar-refractivity contribution in [2.45, 2.75) is 51.0 Å². The van der Waals surface area contributed by atoms with Crippen LogP contribution in [0.25, 0.3) is 0 Å². The zero-order chi connectivity index (χ0) is 25.7. The summed E-state index contributed by atoms with van der Waals surface area (Å²) >= 11 is 0. The first-order valence-electron chi connectivity index (χ1n) is 12.6. The minimum absolute atomic E-state index is 0.164. The standard InChI is InChI=1S/C29H35N3O3S/c1-4-24-9-5-6-10-28(24)32(36(34,35)27-17-11-22(2)12-18-27)21-29(33)30-23(3)25-13-15-26(16-14-25)31-19-7-8-20-31/h5-6,9-18,23H,4,7-8,19-21H2,1-3H3,(H,30,33). The molecule has 0 saturated carbocycles. The van der Waals surface area contributed by atoms with E-state index in [1.807, 2.05) is 45.0 Å². The molecule has 6 nitrogen and oxygen atoms in total. The first kappa shape index (κ1) is 25.8. The van der Waals surface area contributed by atoms with Gasteiger partial charge in [-0.15, -0.1) is 0 Å². The van der Waals surface area contributed by atoms with Crippen molar-refractivity contribution in [2.24, 2.45) is 0 Å². The van der Waals surface area contributed by atoms with Gasteiger partial charge in [-0.2, -0.15) is 0 Å². The maximum Gasteiger partial charge on any atom is 0.264 e. The van der Waals surface area contributed by atoms with E-state index in [9.17, 15) is 13.2 Å². The summed E-state index contributed by atoms with van der Waals surface area (Å²) in [5.74, 6) is -0.354. The van der Waals surface area contributed by atoms with Crippen LogP contribution in [0.5, 0.6) is 0 Å². The van der Waals surface area contributed by atoms with E-state index in [1.54, 1.807) is 36.4 Å². The van der Waals surface area contributed by atoms with Gasteiger partial charge in [0.2, 0.25) is 5.91 Å². The molecule has 7 heteroatoms. The Kier molecular flexibility index (Phi) is 7.99. The third kappa shape index (κ3) is 5.73. The third-order valence-electron chi connectivity index (χ3n) is 6.78. The van der Waals surface area contributed by atoms with Gasteiger partial charge in [-0.05, 0) is 74.6 Å². The number of sulfonamides is 1. The van der Waals surface area contributed by atoms with E-state index in [0.29, 0.717) is 12.1 Å². The van der Waals surface area contributed by atoms with Crippen LogP contribution in [0.3, 0.4) is 0 Å². The molecule has 0 spiro atoms. The number of anilines is 2. The van der Waals surface area contributed by atoms with E-state index in [-0.39, 0.29) is 23.4 Å². The molecule has 190 valence electrons. The van der Waals surface area contributed by atoms with Gasteiger partial charge in [-0.1, -0.05) is 55.0 Å². The summed E-state index contributed by atoms with van der Waals surface area (Å²) in [5, 5.41) is 3.00. The number of nitrogens with one attached hydrogen (secondary N) is 1. The second kappa shape index (κ2) is 11.2. The van der Waals surface area contributed by atoms with Crippen LogP contribution >= 0.6 is 0 Å². The molecular weight excluding hydrogens is 470 g/mol. The zero-order valence-corrected chi connectivity index (χ0v) is 22.1. The molecule has 0 bridgehead atoms. The summed E-state index contributed by atoms with van der Waals surface area (Å²) in [6, 6.07) is 22.1. The Morgan fingerprint density at radius 1 is 0.972 bits per heavy atom. The number of hydrogen-bond acceptors (Lipinski definition) is 4. The minimum Gasteiger partial charge on any atom is -0.372 e. The van der Waals surface area contributed by atoms with Gasteiger partial charge >= 0.3 is 0 Å². The number of carbonyl (C=O) groups excluding carboxylic acids is 1. The van der Waals surface area contributed by atoms with E-state index < -0.39 is 10.0 Å². The van der Waals surface area contributed by atoms with Gasteiger partial charge < -0.3 is 10.2 Å². The van der Waals surface area contributed by atoms with Crippen molar-refractivity contribution in [1.29, 1.82) is 0 Å². The predicted octanol–water partition coefficient (Wildman–Crippen LogP) is 5.23. The van der Waals surface area contributed by atoms with Gasteiger partial charge in [0.25, 0.3) is 10.0 Å². The number of para-hydroxylation sites is 1. The second-order valence-electron chi connectivity index (χ2n) is 9.38. The van der Waals surface area contributed by atoms with Crippen molar-refractivity contribution in [1.82, 2.24) is 5.32 Å². The molecular formula is C29H35N3O3S. The maximum atomic E-state index is 13.7. The molecule has 1 aliphatic heterocycles. The molecule has 1 aliphatic rings. The first-order chi connectivity index (χ1) is 17.3. The van der Waals surface area contributed by atoms with Crippen LogP contribution in [0.15, 0.2) is 77.7 Å². The Bertz CT molecular complexity index is 1280. The average molecular weight is 506 g/mol. The van der Waals surface area contributed by atoms with E-state index in [1.165, 1.54) is 22.8 Å². The largest absolute Gasteiger partial charge is 0.372 e. The molecule has 36 heavy (non-hydrogen) atoms. The van der Waals surface area contributed by atoms with Crippen molar-refractivity contribution in [3.05, 3.63) is 89.5 Å². The van der Waals surface area contributed by atoms with Crippen LogP contribution in [0.1, 0.15) is 49.4 Å². The minimum atomic E-state index is -3.95. The fourth-order valence-electron chi connectivity index (χ4n) is 4.64. The molecule has 4 rings (SSSR count). The topological polar surface area (TPSA) is 69.7 Å².